The molecule has 0 heterocycles. The van der Waals surface area contributed by atoms with E-state index >= 15 is 0 Å². The molecule has 0 saturated carbocycles. The first-order chi connectivity index (χ1) is 6.39. The van der Waals surface area contributed by atoms with Crippen LogP contribution in [0.4, 0.5) is 18.9 Å². The molecule has 2 N–H and O–H groups in total. The summed E-state index contributed by atoms with van der Waals surface area (Å²) >= 11 is 4.03. The van der Waals surface area contributed by atoms with Crippen molar-refractivity contribution in [3.8, 4) is 5.75 Å². The summed E-state index contributed by atoms with van der Waals surface area (Å²) in [5.74, 6) is -0.0210. The van der Waals surface area contributed by atoms with Crippen LogP contribution in [-0.4, -0.2) is 11.2 Å². The number of benzene rings is 1. The summed E-state index contributed by atoms with van der Waals surface area (Å²) in [7, 11) is 0. The van der Waals surface area contributed by atoms with Crippen molar-refractivity contribution in [2.75, 3.05) is 5.73 Å². The second-order valence-electron chi connectivity index (χ2n) is 2.46. The van der Waals surface area contributed by atoms with Crippen LogP contribution in [0.2, 0.25) is 0 Å². The van der Waals surface area contributed by atoms with Gasteiger partial charge in [-0.15, -0.1) is 0 Å². The van der Waals surface area contributed by atoms with Crippen LogP contribution in [0.1, 0.15) is 0 Å². The fraction of sp³-hybridized carbons (Fsp3) is 0.125. The first-order valence-electron chi connectivity index (χ1n) is 3.54. The third-order valence-corrected chi connectivity index (χ3v) is 1.61. The topological polar surface area (TPSA) is 35.2 Å². The number of halogens is 3. The summed E-state index contributed by atoms with van der Waals surface area (Å²) in [6.07, 6.45) is -4.63. The molecule has 1 aromatic carbocycles. The number of alkyl halides is 3. The highest BCUT2D eigenvalue weighted by atomic mass is 32.1. The number of ether oxygens (including phenoxy) is 1. The Hall–Kier alpha value is -1.30. The first kappa shape index (κ1) is 10.8. The van der Waals surface area contributed by atoms with E-state index in [0.717, 1.165) is 0 Å². The number of hydrogen-bond acceptors (Lipinski definition) is 3. The maximum atomic E-state index is 11.9. The van der Waals surface area contributed by atoms with Gasteiger partial charge >= 0.3 is 6.18 Å². The Morgan fingerprint density at radius 3 is 2.50 bits per heavy atom. The minimum Gasteiger partial charge on any atom is -0.441 e. The fourth-order valence-electron chi connectivity index (χ4n) is 0.743. The standard InChI is InChI=1S/C8H6F3NOS/c9-8(10,11)7(14)13-6-3-1-2-5(12)4-6/h1-4H,12H2. The number of anilines is 1. The number of hydrogen-bond donors (Lipinski definition) is 1. The lowest BCUT2D eigenvalue weighted by Crippen LogP contribution is -2.26. The normalized spacial score (nSPS) is 11.1. The van der Waals surface area contributed by atoms with Crippen molar-refractivity contribution < 1.29 is 17.9 Å². The van der Waals surface area contributed by atoms with Crippen molar-refractivity contribution in [2.24, 2.45) is 0 Å². The predicted molar refractivity (Wildman–Crippen MR) is 50.1 cm³/mol. The molecule has 0 aliphatic heterocycles. The second kappa shape index (κ2) is 3.83. The number of nitrogen functional groups attached to an aromatic ring is 1. The Balaban J connectivity index is 2.75. The van der Waals surface area contributed by atoms with E-state index in [9.17, 15) is 13.2 Å². The summed E-state index contributed by atoms with van der Waals surface area (Å²) in [6, 6.07) is 5.61. The maximum Gasteiger partial charge on any atom is 0.460 e. The van der Waals surface area contributed by atoms with E-state index in [1.165, 1.54) is 24.3 Å². The second-order valence-corrected chi connectivity index (χ2v) is 2.83. The lowest BCUT2D eigenvalue weighted by atomic mass is 10.3. The third-order valence-electron chi connectivity index (χ3n) is 1.30. The van der Waals surface area contributed by atoms with Crippen molar-refractivity contribution in [2.45, 2.75) is 6.18 Å². The molecule has 0 unspecified atom stereocenters. The molecule has 0 spiro atoms. The van der Waals surface area contributed by atoms with Gasteiger partial charge in [0.15, 0.2) is 0 Å². The summed E-state index contributed by atoms with van der Waals surface area (Å²) in [5.41, 5.74) is 5.65. The van der Waals surface area contributed by atoms with E-state index in [1.807, 2.05) is 0 Å². The molecule has 0 atom stereocenters. The van der Waals surface area contributed by atoms with Crippen LogP contribution in [-0.2, 0) is 0 Å². The molecule has 0 aromatic heterocycles. The van der Waals surface area contributed by atoms with Crippen LogP contribution in [0.25, 0.3) is 0 Å². The summed E-state index contributed by atoms with van der Waals surface area (Å²) in [6.45, 7) is 0. The number of thiocarbonyl (C=S) groups is 1. The predicted octanol–water partition coefficient (Wildman–Crippen LogP) is 2.54. The first-order valence-corrected chi connectivity index (χ1v) is 3.95. The van der Waals surface area contributed by atoms with Crippen LogP contribution in [0.5, 0.6) is 5.75 Å². The SMILES string of the molecule is Nc1cccc(OC(=S)C(F)(F)F)c1. The Bertz CT molecular complexity index is 351. The van der Waals surface area contributed by atoms with Gasteiger partial charge < -0.3 is 10.5 Å². The van der Waals surface area contributed by atoms with Crippen molar-refractivity contribution in [1.82, 2.24) is 0 Å². The van der Waals surface area contributed by atoms with Gasteiger partial charge in [0, 0.05) is 11.8 Å². The van der Waals surface area contributed by atoms with Gasteiger partial charge in [-0.2, -0.15) is 13.2 Å². The van der Waals surface area contributed by atoms with E-state index < -0.39 is 11.2 Å². The Morgan fingerprint density at radius 2 is 2.00 bits per heavy atom. The summed E-state index contributed by atoms with van der Waals surface area (Å²) < 4.78 is 40.2. The van der Waals surface area contributed by atoms with Gasteiger partial charge in [0.1, 0.15) is 5.75 Å². The van der Waals surface area contributed by atoms with Crippen molar-refractivity contribution in [1.29, 1.82) is 0 Å². The lowest BCUT2D eigenvalue weighted by molar-refractivity contribution is -0.0676. The molecule has 0 bridgehead atoms. The molecule has 14 heavy (non-hydrogen) atoms. The minimum absolute atomic E-state index is 0.0210. The molecule has 0 fully saturated rings. The maximum absolute atomic E-state index is 11.9. The molecule has 0 aliphatic carbocycles. The van der Waals surface area contributed by atoms with Crippen LogP contribution in [0.15, 0.2) is 24.3 Å². The minimum atomic E-state index is -4.63. The Morgan fingerprint density at radius 1 is 1.36 bits per heavy atom. The Labute approximate surface area is 83.5 Å². The molecule has 76 valence electrons. The van der Waals surface area contributed by atoms with Gasteiger partial charge in [-0.05, 0) is 24.4 Å². The van der Waals surface area contributed by atoms with Crippen molar-refractivity contribution >= 4 is 23.0 Å². The highest BCUT2D eigenvalue weighted by Crippen LogP contribution is 2.22. The molecule has 1 rings (SSSR count). The van der Waals surface area contributed by atoms with E-state index in [1.54, 1.807) is 0 Å². The monoisotopic (exact) mass is 221 g/mol. The van der Waals surface area contributed by atoms with E-state index in [-0.39, 0.29) is 5.75 Å². The summed E-state index contributed by atoms with van der Waals surface area (Å²) in [4.78, 5) is 0. The van der Waals surface area contributed by atoms with Gasteiger partial charge in [-0.1, -0.05) is 6.07 Å². The van der Waals surface area contributed by atoms with E-state index in [2.05, 4.69) is 17.0 Å². The van der Waals surface area contributed by atoms with Crippen molar-refractivity contribution in [3.63, 3.8) is 0 Å². The summed E-state index contributed by atoms with van der Waals surface area (Å²) in [5, 5.41) is -1.43. The van der Waals surface area contributed by atoms with Crippen LogP contribution < -0.4 is 10.5 Å². The average Bonchev–Trinajstić information content (AvgIpc) is 2.02. The highest BCUT2D eigenvalue weighted by molar-refractivity contribution is 7.80. The molecule has 0 amide bonds. The molecular formula is C8H6F3NOS. The van der Waals surface area contributed by atoms with Crippen LogP contribution in [0.3, 0.4) is 0 Å². The molecular weight excluding hydrogens is 215 g/mol. The quantitative estimate of drug-likeness (QED) is 0.584. The molecule has 1 aromatic rings. The average molecular weight is 221 g/mol. The largest absolute Gasteiger partial charge is 0.460 e. The lowest BCUT2D eigenvalue weighted by Gasteiger charge is -2.09. The zero-order valence-electron chi connectivity index (χ0n) is 6.84. The van der Waals surface area contributed by atoms with Gasteiger partial charge in [0.2, 0.25) is 0 Å². The van der Waals surface area contributed by atoms with E-state index in [4.69, 9.17) is 5.73 Å². The van der Waals surface area contributed by atoms with E-state index in [0.29, 0.717) is 5.69 Å². The van der Waals surface area contributed by atoms with Gasteiger partial charge in [0.25, 0.3) is 5.05 Å². The van der Waals surface area contributed by atoms with Crippen LogP contribution in [0, 0.1) is 0 Å². The molecule has 0 saturated heterocycles. The zero-order valence-corrected chi connectivity index (χ0v) is 7.65. The van der Waals surface area contributed by atoms with Crippen molar-refractivity contribution in [3.05, 3.63) is 24.3 Å². The molecule has 2 nitrogen and oxygen atoms in total. The smallest absolute Gasteiger partial charge is 0.441 e. The highest BCUT2D eigenvalue weighted by Gasteiger charge is 2.36. The number of nitrogens with two attached hydrogens (primary N) is 1. The number of rotatable bonds is 1. The third kappa shape index (κ3) is 2.88. The van der Waals surface area contributed by atoms with Gasteiger partial charge in [-0.3, -0.25) is 0 Å². The molecule has 0 radical (unpaired) electrons. The van der Waals surface area contributed by atoms with Gasteiger partial charge in [-0.25, -0.2) is 0 Å². The fourth-order valence-corrected chi connectivity index (χ4v) is 0.839. The molecule has 6 heteroatoms. The zero-order chi connectivity index (χ0) is 10.8. The van der Waals surface area contributed by atoms with Crippen LogP contribution >= 0.6 is 12.2 Å². The molecule has 0 aliphatic rings. The Kier molecular flexibility index (Phi) is 2.95. The van der Waals surface area contributed by atoms with Gasteiger partial charge in [0.05, 0.1) is 0 Å².